The largest absolute Gasteiger partial charge is 0.406 e. The first kappa shape index (κ1) is 22.1. The second kappa shape index (κ2) is 9.61. The first-order chi connectivity index (χ1) is 14.9. The van der Waals surface area contributed by atoms with Crippen LogP contribution >= 0.6 is 0 Å². The van der Waals surface area contributed by atoms with Crippen LogP contribution in [-0.4, -0.2) is 60.4 Å². The second-order valence-corrected chi connectivity index (χ2v) is 8.80. The fraction of sp³-hybridized carbons (Fsp3) is 0.609. The SMILES string of the molecule is O=C(c1cc2ccccc2[nH]1)N(CC(F)(F)F)[C@H]1CCC[C@H](NCC2CCOCC2)C1. The summed E-state index contributed by atoms with van der Waals surface area (Å²) >= 11 is 0. The van der Waals surface area contributed by atoms with Gasteiger partial charge in [-0.1, -0.05) is 18.2 Å². The van der Waals surface area contributed by atoms with Crippen LogP contribution in [0.25, 0.3) is 10.9 Å². The number of aromatic amines is 1. The first-order valence-corrected chi connectivity index (χ1v) is 11.2. The molecule has 0 radical (unpaired) electrons. The second-order valence-electron chi connectivity index (χ2n) is 8.80. The van der Waals surface area contributed by atoms with Gasteiger partial charge in [0.15, 0.2) is 0 Å². The number of carbonyl (C=O) groups is 1. The number of para-hydroxylation sites is 1. The average Bonchev–Trinajstić information content (AvgIpc) is 3.20. The summed E-state index contributed by atoms with van der Waals surface area (Å²) in [7, 11) is 0. The fourth-order valence-electron chi connectivity index (χ4n) is 4.82. The first-order valence-electron chi connectivity index (χ1n) is 11.2. The predicted octanol–water partition coefficient (Wildman–Crippen LogP) is 4.50. The lowest BCUT2D eigenvalue weighted by molar-refractivity contribution is -0.146. The number of amides is 1. The molecule has 5 nitrogen and oxygen atoms in total. The summed E-state index contributed by atoms with van der Waals surface area (Å²) in [6, 6.07) is 8.67. The molecule has 1 aromatic carbocycles. The third-order valence-electron chi connectivity index (χ3n) is 6.49. The van der Waals surface area contributed by atoms with Gasteiger partial charge in [-0.05, 0) is 63.1 Å². The molecule has 1 saturated carbocycles. The number of H-pyrrole nitrogens is 1. The summed E-state index contributed by atoms with van der Waals surface area (Å²) < 4.78 is 45.6. The van der Waals surface area contributed by atoms with E-state index in [9.17, 15) is 18.0 Å². The summed E-state index contributed by atoms with van der Waals surface area (Å²) in [6.45, 7) is 1.19. The zero-order chi connectivity index (χ0) is 21.8. The molecule has 1 amide bonds. The number of rotatable bonds is 6. The minimum atomic E-state index is -4.44. The van der Waals surface area contributed by atoms with Crippen LogP contribution in [0.5, 0.6) is 0 Å². The lowest BCUT2D eigenvalue weighted by atomic mass is 9.89. The van der Waals surface area contributed by atoms with Crippen molar-refractivity contribution in [3.05, 3.63) is 36.0 Å². The van der Waals surface area contributed by atoms with Crippen molar-refractivity contribution in [1.82, 2.24) is 15.2 Å². The van der Waals surface area contributed by atoms with Crippen molar-refractivity contribution >= 4 is 16.8 Å². The Hall–Kier alpha value is -2.06. The Kier molecular flexibility index (Phi) is 6.86. The highest BCUT2D eigenvalue weighted by atomic mass is 19.4. The summed E-state index contributed by atoms with van der Waals surface area (Å²) in [5.74, 6) is -0.0306. The zero-order valence-corrected chi connectivity index (χ0v) is 17.6. The van der Waals surface area contributed by atoms with E-state index in [0.717, 1.165) is 61.2 Å². The van der Waals surface area contributed by atoms with Crippen LogP contribution in [0.15, 0.2) is 30.3 Å². The number of halogens is 3. The Morgan fingerprint density at radius 2 is 1.94 bits per heavy atom. The Bertz CT molecular complexity index is 843. The third-order valence-corrected chi connectivity index (χ3v) is 6.49. The fourth-order valence-corrected chi connectivity index (χ4v) is 4.82. The molecule has 2 aromatic rings. The Morgan fingerprint density at radius 1 is 1.16 bits per heavy atom. The van der Waals surface area contributed by atoms with Gasteiger partial charge in [-0.15, -0.1) is 0 Å². The maximum atomic E-state index is 13.4. The van der Waals surface area contributed by atoms with Gasteiger partial charge >= 0.3 is 6.18 Å². The van der Waals surface area contributed by atoms with Gasteiger partial charge in [0.05, 0.1) is 0 Å². The molecule has 1 aliphatic carbocycles. The molecule has 2 N–H and O–H groups in total. The summed E-state index contributed by atoms with van der Waals surface area (Å²) in [6.07, 6.45) is 0.474. The quantitative estimate of drug-likeness (QED) is 0.700. The predicted molar refractivity (Wildman–Crippen MR) is 113 cm³/mol. The molecule has 2 atom stereocenters. The lowest BCUT2D eigenvalue weighted by Crippen LogP contribution is -2.50. The molecule has 2 fully saturated rings. The lowest BCUT2D eigenvalue weighted by Gasteiger charge is -2.38. The number of aromatic nitrogens is 1. The number of hydrogen-bond acceptors (Lipinski definition) is 3. The number of benzene rings is 1. The number of ether oxygens (including phenoxy) is 1. The van der Waals surface area contributed by atoms with Crippen LogP contribution in [0.4, 0.5) is 13.2 Å². The Balaban J connectivity index is 1.46. The molecule has 0 spiro atoms. The van der Waals surface area contributed by atoms with Gasteiger partial charge in [0.2, 0.25) is 0 Å². The minimum absolute atomic E-state index is 0.132. The van der Waals surface area contributed by atoms with E-state index < -0.39 is 24.7 Å². The van der Waals surface area contributed by atoms with Crippen molar-refractivity contribution in [3.63, 3.8) is 0 Å². The Morgan fingerprint density at radius 3 is 2.68 bits per heavy atom. The highest BCUT2D eigenvalue weighted by Crippen LogP contribution is 2.29. The third kappa shape index (κ3) is 5.80. The highest BCUT2D eigenvalue weighted by Gasteiger charge is 2.39. The maximum Gasteiger partial charge on any atom is 0.406 e. The molecule has 2 aliphatic rings. The van der Waals surface area contributed by atoms with E-state index in [1.807, 2.05) is 24.3 Å². The molecule has 1 aromatic heterocycles. The molecule has 0 unspecified atom stereocenters. The van der Waals surface area contributed by atoms with E-state index in [1.54, 1.807) is 6.07 Å². The molecule has 0 bridgehead atoms. The Labute approximate surface area is 180 Å². The van der Waals surface area contributed by atoms with E-state index in [2.05, 4.69) is 10.3 Å². The summed E-state index contributed by atoms with van der Waals surface area (Å²) in [5.41, 5.74) is 0.959. The molecule has 2 heterocycles. The van der Waals surface area contributed by atoms with E-state index in [-0.39, 0.29) is 11.7 Å². The molecule has 1 saturated heterocycles. The number of nitrogens with one attached hydrogen (secondary N) is 2. The van der Waals surface area contributed by atoms with Crippen molar-refractivity contribution < 1.29 is 22.7 Å². The van der Waals surface area contributed by atoms with E-state index in [0.29, 0.717) is 18.8 Å². The molecule has 31 heavy (non-hydrogen) atoms. The highest BCUT2D eigenvalue weighted by molar-refractivity contribution is 5.98. The van der Waals surface area contributed by atoms with Gasteiger partial charge in [-0.3, -0.25) is 4.79 Å². The molecule has 170 valence electrons. The summed E-state index contributed by atoms with van der Waals surface area (Å²) in [5, 5.41) is 4.37. The van der Waals surface area contributed by atoms with Crippen molar-refractivity contribution in [2.24, 2.45) is 5.92 Å². The van der Waals surface area contributed by atoms with E-state index >= 15 is 0 Å². The van der Waals surface area contributed by atoms with Crippen molar-refractivity contribution in [2.45, 2.75) is 56.8 Å². The number of fused-ring (bicyclic) bond motifs is 1. The molecule has 8 heteroatoms. The van der Waals surface area contributed by atoms with Gasteiger partial charge < -0.3 is 19.9 Å². The number of hydrogen-bond donors (Lipinski definition) is 2. The molecule has 4 rings (SSSR count). The van der Waals surface area contributed by atoms with E-state index in [1.165, 1.54) is 0 Å². The van der Waals surface area contributed by atoms with Gasteiger partial charge in [0, 0.05) is 36.2 Å². The van der Waals surface area contributed by atoms with Gasteiger partial charge in [0.1, 0.15) is 12.2 Å². The zero-order valence-electron chi connectivity index (χ0n) is 17.6. The monoisotopic (exact) mass is 437 g/mol. The van der Waals surface area contributed by atoms with Crippen LogP contribution in [0.1, 0.15) is 49.0 Å². The van der Waals surface area contributed by atoms with E-state index in [4.69, 9.17) is 4.74 Å². The molecular weight excluding hydrogens is 407 g/mol. The van der Waals surface area contributed by atoms with Crippen molar-refractivity contribution in [2.75, 3.05) is 26.3 Å². The summed E-state index contributed by atoms with van der Waals surface area (Å²) in [4.78, 5) is 17.2. The van der Waals surface area contributed by atoms with Gasteiger partial charge in [0.25, 0.3) is 5.91 Å². The molecular formula is C23H30F3N3O2. The minimum Gasteiger partial charge on any atom is -0.381 e. The van der Waals surface area contributed by atoms with Crippen LogP contribution in [0.3, 0.4) is 0 Å². The molecule has 1 aliphatic heterocycles. The van der Waals surface area contributed by atoms with Crippen molar-refractivity contribution in [3.8, 4) is 0 Å². The smallest absolute Gasteiger partial charge is 0.381 e. The van der Waals surface area contributed by atoms with Crippen LogP contribution in [-0.2, 0) is 4.74 Å². The van der Waals surface area contributed by atoms with Gasteiger partial charge in [-0.2, -0.15) is 13.2 Å². The number of carbonyl (C=O) groups excluding carboxylic acids is 1. The average molecular weight is 438 g/mol. The standard InChI is InChI=1S/C23H30F3N3O2/c24-23(25,26)15-29(22(30)21-12-17-4-1-2-7-20(17)28-21)19-6-3-5-18(13-19)27-14-16-8-10-31-11-9-16/h1-2,4,7,12,16,18-19,27-28H,3,5-6,8-11,13-15H2/t18-,19-/m0/s1. The topological polar surface area (TPSA) is 57.4 Å². The van der Waals surface area contributed by atoms with Crippen LogP contribution in [0.2, 0.25) is 0 Å². The maximum absolute atomic E-state index is 13.4. The normalized spacial score (nSPS) is 23.2. The number of nitrogens with zero attached hydrogens (tertiary/aromatic N) is 1. The van der Waals surface area contributed by atoms with Crippen LogP contribution in [0, 0.1) is 5.92 Å². The van der Waals surface area contributed by atoms with Crippen molar-refractivity contribution in [1.29, 1.82) is 0 Å². The number of alkyl halides is 3. The van der Waals surface area contributed by atoms with Gasteiger partial charge in [-0.25, -0.2) is 0 Å². The van der Waals surface area contributed by atoms with Crippen LogP contribution < -0.4 is 5.32 Å².